The first-order valence-corrected chi connectivity index (χ1v) is 14.1. The number of amides is 3. The minimum absolute atomic E-state index is 0.00140. The molecule has 0 fully saturated rings. The number of sulfonamides is 1. The highest BCUT2D eigenvalue weighted by molar-refractivity contribution is 7.89. The van der Waals surface area contributed by atoms with Crippen molar-refractivity contribution in [1.82, 2.24) is 14.5 Å². The second-order valence-corrected chi connectivity index (χ2v) is 12.1. The molecule has 0 saturated heterocycles. The van der Waals surface area contributed by atoms with Crippen LogP contribution in [0.3, 0.4) is 0 Å². The summed E-state index contributed by atoms with van der Waals surface area (Å²) in [5, 5.41) is 15.3. The first-order chi connectivity index (χ1) is 17.9. The molecule has 0 radical (unpaired) electrons. The zero-order valence-corrected chi connectivity index (χ0v) is 23.4. The summed E-state index contributed by atoms with van der Waals surface area (Å²) in [5.74, 6) is -0.0195. The third-order valence-electron chi connectivity index (χ3n) is 6.48. The number of carbonyl (C=O) groups excluding carboxylic acids is 2. The Morgan fingerprint density at radius 2 is 1.87 bits per heavy atom. The van der Waals surface area contributed by atoms with Gasteiger partial charge in [-0.15, -0.1) is 0 Å². The number of aliphatic hydroxyl groups is 1. The maximum Gasteiger partial charge on any atom is 0.319 e. The zero-order chi connectivity index (χ0) is 28.0. The van der Waals surface area contributed by atoms with Crippen molar-refractivity contribution in [3.8, 4) is 5.75 Å². The quantitative estimate of drug-likeness (QED) is 0.467. The Hall–Kier alpha value is -3.15. The van der Waals surface area contributed by atoms with Gasteiger partial charge in [-0.25, -0.2) is 13.2 Å². The highest BCUT2D eigenvalue weighted by atomic mass is 32.2. The van der Waals surface area contributed by atoms with Gasteiger partial charge in [0.05, 0.1) is 30.5 Å². The Morgan fingerprint density at radius 1 is 1.18 bits per heavy atom. The van der Waals surface area contributed by atoms with Gasteiger partial charge in [-0.3, -0.25) is 4.79 Å². The number of ether oxygens (including phenoxy) is 1. The molecule has 1 aliphatic heterocycles. The molecule has 38 heavy (non-hydrogen) atoms. The fourth-order valence-electron chi connectivity index (χ4n) is 4.28. The van der Waals surface area contributed by atoms with E-state index in [-0.39, 0.29) is 54.9 Å². The fourth-order valence-corrected chi connectivity index (χ4v) is 5.48. The molecule has 0 bridgehead atoms. The Balaban J connectivity index is 1.95. The molecule has 3 amide bonds. The van der Waals surface area contributed by atoms with Crippen LogP contribution in [0.4, 0.5) is 10.5 Å². The highest BCUT2D eigenvalue weighted by Gasteiger charge is 2.33. The summed E-state index contributed by atoms with van der Waals surface area (Å²) in [4.78, 5) is 27.3. The average Bonchev–Trinajstić information content (AvgIpc) is 2.91. The molecule has 2 aromatic rings. The van der Waals surface area contributed by atoms with Crippen LogP contribution in [0.5, 0.6) is 5.75 Å². The van der Waals surface area contributed by atoms with Gasteiger partial charge in [0.1, 0.15) is 11.9 Å². The van der Waals surface area contributed by atoms with E-state index in [0.717, 1.165) is 0 Å². The third kappa shape index (κ3) is 7.24. The lowest BCUT2D eigenvalue weighted by molar-refractivity contribution is -0.134. The number of anilines is 1. The predicted molar refractivity (Wildman–Crippen MR) is 146 cm³/mol. The number of hydrogen-bond donors (Lipinski definition) is 3. The molecule has 3 atom stereocenters. The molecular weight excluding hydrogens is 508 g/mol. The van der Waals surface area contributed by atoms with Crippen LogP contribution in [0.1, 0.15) is 33.3 Å². The van der Waals surface area contributed by atoms with Gasteiger partial charge in [0.2, 0.25) is 15.9 Å². The number of nitrogens with one attached hydrogen (secondary N) is 2. The second-order valence-electron chi connectivity index (χ2n) is 10.1. The lowest BCUT2D eigenvalue weighted by Gasteiger charge is -2.33. The summed E-state index contributed by atoms with van der Waals surface area (Å²) in [5.41, 5.74) is 1.05. The van der Waals surface area contributed by atoms with Crippen LogP contribution < -0.4 is 15.4 Å². The molecular formula is C27H38N4O6S. The molecule has 0 unspecified atom stereocenters. The van der Waals surface area contributed by atoms with Crippen molar-refractivity contribution in [2.45, 2.75) is 57.2 Å². The first-order valence-electron chi connectivity index (χ1n) is 12.7. The summed E-state index contributed by atoms with van der Waals surface area (Å²) in [6.45, 7) is 7.47. The molecule has 208 valence electrons. The molecule has 2 aromatic carbocycles. The number of fused-ring (bicyclic) bond motifs is 1. The van der Waals surface area contributed by atoms with E-state index in [2.05, 4.69) is 10.6 Å². The minimum Gasteiger partial charge on any atom is -0.488 e. The molecule has 0 saturated carbocycles. The molecule has 0 aromatic heterocycles. The second kappa shape index (κ2) is 12.6. The molecule has 10 nitrogen and oxygen atoms in total. The summed E-state index contributed by atoms with van der Waals surface area (Å²) < 4.78 is 34.1. The summed E-state index contributed by atoms with van der Waals surface area (Å²) in [7, 11) is -2.26. The van der Waals surface area contributed by atoms with Crippen LogP contribution in [-0.4, -0.2) is 79.6 Å². The van der Waals surface area contributed by atoms with E-state index in [1.807, 2.05) is 20.8 Å². The standard InChI is InChI=1S/C27H38N4O6S/c1-18(2)28-27(34)29-22-11-12-24-21(13-22)14-26(33)31(20(4)17-32)15-19(3)25(37-24)16-30(5)38(35,36)23-9-7-6-8-10-23/h6-13,18-20,25,32H,14-17H2,1-5H3,(H2,28,29,34)/t19-,20-,25-/m0/s1. The number of likely N-dealkylation sites (N-methyl/N-ethyl adjacent to an activating group) is 1. The van der Waals surface area contributed by atoms with Gasteiger partial charge in [0, 0.05) is 36.8 Å². The topological polar surface area (TPSA) is 128 Å². The van der Waals surface area contributed by atoms with Gasteiger partial charge in [-0.2, -0.15) is 4.31 Å². The van der Waals surface area contributed by atoms with Gasteiger partial charge in [-0.05, 0) is 51.1 Å². The van der Waals surface area contributed by atoms with Crippen LogP contribution in [0.15, 0.2) is 53.4 Å². The van der Waals surface area contributed by atoms with E-state index >= 15 is 0 Å². The molecule has 0 spiro atoms. The lowest BCUT2D eigenvalue weighted by atomic mass is 10.0. The van der Waals surface area contributed by atoms with Gasteiger partial charge in [0.15, 0.2) is 0 Å². The van der Waals surface area contributed by atoms with Crippen molar-refractivity contribution in [3.05, 3.63) is 54.1 Å². The van der Waals surface area contributed by atoms with Crippen LogP contribution >= 0.6 is 0 Å². The lowest BCUT2D eigenvalue weighted by Crippen LogP contribution is -2.48. The van der Waals surface area contributed by atoms with Crippen molar-refractivity contribution in [2.24, 2.45) is 5.92 Å². The van der Waals surface area contributed by atoms with E-state index < -0.39 is 22.2 Å². The Bertz CT molecular complexity index is 1220. The number of carbonyl (C=O) groups is 2. The summed E-state index contributed by atoms with van der Waals surface area (Å²) in [6.07, 6.45) is -0.599. The molecule has 3 N–H and O–H groups in total. The van der Waals surface area contributed by atoms with E-state index in [4.69, 9.17) is 4.74 Å². The molecule has 1 aliphatic rings. The highest BCUT2D eigenvalue weighted by Crippen LogP contribution is 2.30. The Labute approximate surface area is 225 Å². The smallest absolute Gasteiger partial charge is 0.319 e. The van der Waals surface area contributed by atoms with Crippen molar-refractivity contribution in [2.75, 3.05) is 32.1 Å². The van der Waals surface area contributed by atoms with E-state index in [1.165, 1.54) is 11.4 Å². The largest absolute Gasteiger partial charge is 0.488 e. The van der Waals surface area contributed by atoms with Gasteiger partial charge < -0.3 is 25.4 Å². The maximum atomic E-state index is 13.3. The average molecular weight is 547 g/mol. The van der Waals surface area contributed by atoms with E-state index in [0.29, 0.717) is 17.0 Å². The molecule has 11 heteroatoms. The Kier molecular flexibility index (Phi) is 9.75. The minimum atomic E-state index is -3.77. The fraction of sp³-hybridized carbons (Fsp3) is 0.481. The molecule has 3 rings (SSSR count). The van der Waals surface area contributed by atoms with Crippen LogP contribution in [0.2, 0.25) is 0 Å². The van der Waals surface area contributed by atoms with Crippen LogP contribution in [-0.2, 0) is 21.2 Å². The van der Waals surface area contributed by atoms with E-state index in [1.54, 1.807) is 60.4 Å². The van der Waals surface area contributed by atoms with Gasteiger partial charge in [0.25, 0.3) is 0 Å². The van der Waals surface area contributed by atoms with Crippen molar-refractivity contribution in [1.29, 1.82) is 0 Å². The SMILES string of the molecule is CC(C)NC(=O)Nc1ccc2c(c1)CC(=O)N([C@@H](C)CO)C[C@H](C)[C@H](CN(C)S(=O)(=O)c1ccccc1)O2. The summed E-state index contributed by atoms with van der Waals surface area (Å²) >= 11 is 0. The number of urea groups is 1. The predicted octanol–water partition coefficient (Wildman–Crippen LogP) is 2.69. The number of benzene rings is 2. The number of hydrogen-bond acceptors (Lipinski definition) is 6. The Morgan fingerprint density at radius 3 is 2.50 bits per heavy atom. The number of nitrogens with zero attached hydrogens (tertiary/aromatic N) is 2. The first kappa shape index (κ1) is 29.4. The zero-order valence-electron chi connectivity index (χ0n) is 22.5. The number of rotatable bonds is 8. The molecule has 1 heterocycles. The third-order valence-corrected chi connectivity index (χ3v) is 8.32. The van der Waals surface area contributed by atoms with Crippen molar-refractivity contribution >= 4 is 27.6 Å². The monoisotopic (exact) mass is 546 g/mol. The van der Waals surface area contributed by atoms with Crippen molar-refractivity contribution < 1.29 is 27.9 Å². The summed E-state index contributed by atoms with van der Waals surface area (Å²) in [6, 6.07) is 12.4. The van der Waals surface area contributed by atoms with Crippen LogP contribution in [0, 0.1) is 5.92 Å². The van der Waals surface area contributed by atoms with E-state index in [9.17, 15) is 23.1 Å². The van der Waals surface area contributed by atoms with Crippen LogP contribution in [0.25, 0.3) is 0 Å². The molecule has 0 aliphatic carbocycles. The number of aliphatic hydroxyl groups excluding tert-OH is 1. The normalized spacial score (nSPS) is 19.2. The maximum absolute atomic E-state index is 13.3. The van der Waals surface area contributed by atoms with Gasteiger partial charge >= 0.3 is 6.03 Å². The van der Waals surface area contributed by atoms with Gasteiger partial charge in [-0.1, -0.05) is 25.1 Å². The van der Waals surface area contributed by atoms with Crippen molar-refractivity contribution in [3.63, 3.8) is 0 Å².